The maximum absolute atomic E-state index is 12.7. The zero-order chi connectivity index (χ0) is 52.3. The van der Waals surface area contributed by atoms with Gasteiger partial charge in [-0.15, -0.1) is 0 Å². The minimum absolute atomic E-state index is 0.722. The van der Waals surface area contributed by atoms with Crippen molar-refractivity contribution in [1.29, 1.82) is 0 Å². The molecule has 29 atom stereocenters. The zero-order valence-corrected chi connectivity index (χ0v) is 37.9. The van der Waals surface area contributed by atoms with Gasteiger partial charge in [0.1, 0.15) is 140 Å². The van der Waals surface area contributed by atoms with Crippen molar-refractivity contribution in [3.05, 3.63) is 0 Å². The third-order valence-electron chi connectivity index (χ3n) is 12.9. The summed E-state index contributed by atoms with van der Waals surface area (Å²) < 4.78 is 63.8. The van der Waals surface area contributed by atoms with Gasteiger partial charge in [-0.2, -0.15) is 0 Å². The Labute approximate surface area is 402 Å². The molecule has 0 saturated carbocycles. The minimum atomic E-state index is -2.20. The van der Waals surface area contributed by atoms with Crippen molar-refractivity contribution in [3.8, 4) is 0 Å². The van der Waals surface area contributed by atoms with Crippen LogP contribution in [0.1, 0.15) is 13.8 Å². The molecule has 6 aliphatic rings. The number of ether oxygens (including phenoxy) is 11. The molecule has 0 aromatic rings. The molecule has 6 rings (SSSR count). The smallest absolute Gasteiger partial charge is 0.217 e. The molecule has 0 aromatic heterocycles. The van der Waals surface area contributed by atoms with Crippen molar-refractivity contribution in [3.63, 3.8) is 0 Å². The predicted molar refractivity (Wildman–Crippen MR) is 216 cm³/mol. The van der Waals surface area contributed by atoms with Crippen LogP contribution in [0.4, 0.5) is 0 Å². The van der Waals surface area contributed by atoms with Crippen LogP contribution in [0.3, 0.4) is 0 Å². The lowest BCUT2D eigenvalue weighted by Gasteiger charge is -2.51. The van der Waals surface area contributed by atoms with Crippen LogP contribution in [0.25, 0.3) is 0 Å². The molecule has 0 spiro atoms. The average Bonchev–Trinajstić information content (AvgIpc) is 3.61. The summed E-state index contributed by atoms with van der Waals surface area (Å²) in [5.41, 5.74) is 0. The van der Waals surface area contributed by atoms with Crippen LogP contribution in [0.2, 0.25) is 0 Å². The highest BCUT2D eigenvalue weighted by Crippen LogP contribution is 2.38. The summed E-state index contributed by atoms with van der Waals surface area (Å²) in [7, 11) is 0. The van der Waals surface area contributed by atoms with E-state index in [0.717, 1.165) is 13.8 Å². The van der Waals surface area contributed by atoms with Crippen LogP contribution in [-0.2, 0) is 61.7 Å². The minimum Gasteiger partial charge on any atom is -0.394 e. The Balaban J connectivity index is 1.37. The quantitative estimate of drug-likeness (QED) is 0.0606. The number of hydrogen-bond donors (Lipinski definition) is 19. The highest BCUT2D eigenvalue weighted by atomic mass is 16.8. The molecule has 412 valence electrons. The van der Waals surface area contributed by atoms with E-state index in [1.54, 1.807) is 0 Å². The molecule has 2 amide bonds. The molecule has 32 nitrogen and oxygen atoms in total. The van der Waals surface area contributed by atoms with Gasteiger partial charge in [-0.3, -0.25) is 9.59 Å². The molecule has 0 aromatic carbocycles. The van der Waals surface area contributed by atoms with Gasteiger partial charge in [-0.25, -0.2) is 0 Å². The summed E-state index contributed by atoms with van der Waals surface area (Å²) in [5.74, 6) is -1.57. The number of amides is 2. The summed E-state index contributed by atoms with van der Waals surface area (Å²) in [6, 6.07) is -3.33. The van der Waals surface area contributed by atoms with Crippen LogP contribution in [-0.4, -0.2) is 316 Å². The first-order chi connectivity index (χ1) is 33.6. The van der Waals surface area contributed by atoms with E-state index in [-0.39, 0.29) is 0 Å². The normalized spacial score (nSPS) is 49.6. The largest absolute Gasteiger partial charge is 0.394 e. The first-order valence-electron chi connectivity index (χ1n) is 22.5. The fourth-order valence-electron chi connectivity index (χ4n) is 8.99. The van der Waals surface area contributed by atoms with Gasteiger partial charge < -0.3 is 150 Å². The molecule has 0 radical (unpaired) electrons. The van der Waals surface area contributed by atoms with E-state index in [4.69, 9.17) is 52.1 Å². The average molecular weight is 1040 g/mol. The van der Waals surface area contributed by atoms with E-state index >= 15 is 0 Å². The van der Waals surface area contributed by atoms with Crippen LogP contribution < -0.4 is 10.6 Å². The van der Waals surface area contributed by atoms with Gasteiger partial charge in [-0.05, 0) is 0 Å². The summed E-state index contributed by atoms with van der Waals surface area (Å²) in [4.78, 5) is 24.6. The van der Waals surface area contributed by atoms with Crippen molar-refractivity contribution in [2.45, 2.75) is 192 Å². The molecular weight excluding hydrogens is 976 g/mol. The maximum atomic E-state index is 12.7. The molecule has 6 fully saturated rings. The van der Waals surface area contributed by atoms with Gasteiger partial charge in [0.25, 0.3) is 0 Å². The molecule has 32 heteroatoms. The molecule has 0 aliphatic carbocycles. The summed E-state index contributed by atoms with van der Waals surface area (Å²) in [5, 5.41) is 186. The Morgan fingerprint density at radius 2 is 0.732 bits per heavy atom. The van der Waals surface area contributed by atoms with Crippen LogP contribution >= 0.6 is 0 Å². The first kappa shape index (κ1) is 58.1. The maximum Gasteiger partial charge on any atom is 0.217 e. The van der Waals surface area contributed by atoms with Gasteiger partial charge in [0.2, 0.25) is 11.8 Å². The summed E-state index contributed by atoms with van der Waals surface area (Å²) in [6.07, 6.45) is -51.4. The van der Waals surface area contributed by atoms with Gasteiger partial charge >= 0.3 is 0 Å². The lowest BCUT2D eigenvalue weighted by atomic mass is 9.93. The van der Waals surface area contributed by atoms with Crippen LogP contribution in [0.15, 0.2) is 0 Å². The Kier molecular flexibility index (Phi) is 20.5. The van der Waals surface area contributed by atoms with Crippen LogP contribution in [0.5, 0.6) is 0 Å². The van der Waals surface area contributed by atoms with E-state index in [2.05, 4.69) is 10.6 Å². The highest BCUT2D eigenvalue weighted by molar-refractivity contribution is 5.73. The van der Waals surface area contributed by atoms with Gasteiger partial charge in [0.05, 0.1) is 39.6 Å². The Bertz CT molecular complexity index is 1690. The van der Waals surface area contributed by atoms with Crippen molar-refractivity contribution in [2.24, 2.45) is 0 Å². The number of rotatable bonds is 18. The monoisotopic (exact) mass is 1040 g/mol. The van der Waals surface area contributed by atoms with E-state index < -0.39 is 229 Å². The lowest BCUT2D eigenvalue weighted by molar-refractivity contribution is -0.397. The number of hydrogen-bond acceptors (Lipinski definition) is 30. The number of aliphatic hydroxyl groups excluding tert-OH is 17. The number of carbonyl (C=O) groups is 2. The van der Waals surface area contributed by atoms with Crippen molar-refractivity contribution in [2.75, 3.05) is 39.6 Å². The Morgan fingerprint density at radius 3 is 1.24 bits per heavy atom. The Hall–Kier alpha value is -2.18. The molecule has 6 saturated heterocycles. The van der Waals surface area contributed by atoms with E-state index in [0.29, 0.717) is 0 Å². The predicted octanol–water partition coefficient (Wildman–Crippen LogP) is -13.2. The Morgan fingerprint density at radius 1 is 0.366 bits per heavy atom. The summed E-state index contributed by atoms with van der Waals surface area (Å²) >= 11 is 0. The lowest BCUT2D eigenvalue weighted by Crippen LogP contribution is -2.70. The second-order valence-electron chi connectivity index (χ2n) is 17.8. The fraction of sp³-hybridized carbons (Fsp3) is 0.949. The molecule has 19 N–H and O–H groups in total. The van der Waals surface area contributed by atoms with E-state index in [9.17, 15) is 96.4 Å². The SMILES string of the molecule is CC(=O)N[C@@H]1[C@@H](O)[C@H](O[C@@H]2O[C@H](CO)[C@@H](O[C@@H]3O[C@H](CO[C@H]4O[C@H](CO)[C@@H](O)[C@H](O)[C@@H]4O)[C@@H](O)[C@H](O[C@H]4O[C@H](CO)[C@@H](O)[C@H](O)[C@@H]4O)[C@@H]3O[C@@H]3O[C@H](CO)[C@H](O)[C@H]3O)[C@H](O)[C@H]2NC(C)=O)[C@@H](CO)O[C@H]1O. The van der Waals surface area contributed by atoms with Gasteiger partial charge in [-0.1, -0.05) is 0 Å². The van der Waals surface area contributed by atoms with Crippen molar-refractivity contribution >= 4 is 11.8 Å². The molecule has 6 heterocycles. The number of aliphatic hydroxyl groups is 17. The summed E-state index contributed by atoms with van der Waals surface area (Å²) in [6.45, 7) is -3.56. The third kappa shape index (κ3) is 12.6. The third-order valence-corrected chi connectivity index (χ3v) is 12.9. The second-order valence-corrected chi connectivity index (χ2v) is 17.8. The zero-order valence-electron chi connectivity index (χ0n) is 37.9. The topological polar surface area (TPSA) is 504 Å². The van der Waals surface area contributed by atoms with Gasteiger partial charge in [0, 0.05) is 13.8 Å². The molecule has 71 heavy (non-hydrogen) atoms. The number of carbonyl (C=O) groups excluding carboxylic acids is 2. The molecular formula is C39H66N2O30. The van der Waals surface area contributed by atoms with Crippen molar-refractivity contribution in [1.82, 2.24) is 10.6 Å². The number of nitrogens with one attached hydrogen (secondary N) is 2. The molecule has 6 aliphatic heterocycles. The van der Waals surface area contributed by atoms with Crippen molar-refractivity contribution < 1.29 is 149 Å². The molecule has 0 unspecified atom stereocenters. The van der Waals surface area contributed by atoms with Gasteiger partial charge in [0.15, 0.2) is 37.7 Å². The molecule has 0 bridgehead atoms. The van der Waals surface area contributed by atoms with E-state index in [1.807, 2.05) is 0 Å². The van der Waals surface area contributed by atoms with E-state index in [1.165, 1.54) is 0 Å². The standard InChI is InChI=1S/C39H66N2O30/c1-9(47)40-17-23(53)30(14(6-45)62-34(17)60)68-35-18(41-10(2)48)24(54)31(15(7-46)66-35)69-39-33(71-37-27(57)21(51)13(5-44)65-37)32(70-38-29(59)26(56)20(50)12(4-43)64-38)22(52)16(67-39)8-61-36-28(58)25(55)19(49)11(3-42)63-36/h11-39,42-46,49-60H,3-8H2,1-2H3,(H,40,47)(H,41,48)/t11-,12-,13-,14-,15-,16-,17-,18-,19-,20-,21+,22-,23-,24-,25+,26+,27-,28+,29+,30-,31-,32+,33+,34-,35+,36+,37+,38-,39+/m1/s1. The highest BCUT2D eigenvalue weighted by Gasteiger charge is 2.58. The first-order valence-corrected chi connectivity index (χ1v) is 22.5. The second kappa shape index (κ2) is 25.1. The fourth-order valence-corrected chi connectivity index (χ4v) is 8.99. The van der Waals surface area contributed by atoms with Crippen LogP contribution in [0, 0.1) is 0 Å².